The van der Waals surface area contributed by atoms with Gasteiger partial charge in [-0.2, -0.15) is 5.10 Å². The number of hydrogen-bond donors (Lipinski definition) is 2. The van der Waals surface area contributed by atoms with Gasteiger partial charge in [-0.05, 0) is 80.1 Å². The average molecular weight is 574 g/mol. The maximum Gasteiger partial charge on any atom is 0.341 e. The summed E-state index contributed by atoms with van der Waals surface area (Å²) in [5.41, 5.74) is 4.94. The van der Waals surface area contributed by atoms with Crippen molar-refractivity contribution in [3.05, 3.63) is 79.6 Å². The Morgan fingerprint density at radius 2 is 1.82 bits per heavy atom. The fraction of sp³-hybridized carbons (Fsp3) is 0.259. The third-order valence-corrected chi connectivity index (χ3v) is 7.55. The van der Waals surface area contributed by atoms with Crippen LogP contribution in [-0.2, 0) is 33.8 Å². The van der Waals surface area contributed by atoms with Gasteiger partial charge in [0, 0.05) is 20.5 Å². The van der Waals surface area contributed by atoms with Gasteiger partial charge in [0.25, 0.3) is 0 Å². The molecule has 2 N–H and O–H groups in total. The monoisotopic (exact) mass is 573 g/mol. The Morgan fingerprint density at radius 1 is 1.05 bits per heavy atom. The van der Waals surface area contributed by atoms with Crippen LogP contribution < -0.4 is 15.5 Å². The Morgan fingerprint density at radius 3 is 2.55 bits per heavy atom. The minimum absolute atomic E-state index is 0.218. The van der Waals surface area contributed by atoms with Crippen molar-refractivity contribution in [1.29, 1.82) is 0 Å². The number of carbonyl (C=O) groups is 3. The van der Waals surface area contributed by atoms with Gasteiger partial charge in [0.05, 0.1) is 18.4 Å². The fourth-order valence-corrected chi connectivity index (χ4v) is 5.63. The molecule has 1 aromatic heterocycles. The van der Waals surface area contributed by atoms with Crippen LogP contribution in [0.25, 0.3) is 0 Å². The Labute approximate surface area is 233 Å². The van der Waals surface area contributed by atoms with E-state index in [9.17, 15) is 14.4 Å². The highest BCUT2D eigenvalue weighted by Crippen LogP contribution is 2.38. The van der Waals surface area contributed by atoms with Crippen LogP contribution in [0.15, 0.2) is 47.6 Å². The number of nitrogens with one attached hydrogen (secondary N) is 2. The van der Waals surface area contributed by atoms with Crippen LogP contribution in [0, 0.1) is 0 Å². The second kappa shape index (κ2) is 12.9. The molecule has 38 heavy (non-hydrogen) atoms. The summed E-state index contributed by atoms with van der Waals surface area (Å²) in [5, 5.41) is 7.82. The standard InChI is InChI=1S/C27H25Cl2N3O5S/c1-2-36-27(35)23-20-5-3-4-6-22(20)38-26(23)31-24(33)25(34)32-30-14-16-7-11-19(12-8-16)37-15-17-9-10-18(28)13-21(17)29/h7-14H,2-6,15H2,1H3,(H,31,33)(H,32,34). The van der Waals surface area contributed by atoms with Gasteiger partial charge in [0.15, 0.2) is 0 Å². The van der Waals surface area contributed by atoms with E-state index in [1.807, 2.05) is 0 Å². The molecule has 1 aliphatic rings. The Kier molecular flexibility index (Phi) is 9.38. The summed E-state index contributed by atoms with van der Waals surface area (Å²) in [7, 11) is 0. The predicted octanol–water partition coefficient (Wildman–Crippen LogP) is 5.78. The molecule has 1 heterocycles. The maximum absolute atomic E-state index is 12.5. The molecule has 2 amide bonds. The van der Waals surface area contributed by atoms with Crippen LogP contribution in [-0.4, -0.2) is 30.6 Å². The molecule has 0 bridgehead atoms. The smallest absolute Gasteiger partial charge is 0.341 e. The van der Waals surface area contributed by atoms with Crippen LogP contribution in [0.2, 0.25) is 10.0 Å². The van der Waals surface area contributed by atoms with E-state index >= 15 is 0 Å². The molecule has 0 saturated heterocycles. The average Bonchev–Trinajstić information content (AvgIpc) is 3.27. The van der Waals surface area contributed by atoms with Crippen LogP contribution in [0.5, 0.6) is 5.75 Å². The minimum atomic E-state index is -0.956. The molecule has 0 atom stereocenters. The van der Waals surface area contributed by atoms with Gasteiger partial charge in [-0.15, -0.1) is 11.3 Å². The Hall–Kier alpha value is -3.40. The highest BCUT2D eigenvalue weighted by Gasteiger charge is 2.28. The topological polar surface area (TPSA) is 106 Å². The highest BCUT2D eigenvalue weighted by atomic mass is 35.5. The molecule has 0 spiro atoms. The first-order valence-corrected chi connectivity index (χ1v) is 13.6. The molecular weight excluding hydrogens is 549 g/mol. The number of nitrogens with zero attached hydrogens (tertiary/aromatic N) is 1. The summed E-state index contributed by atoms with van der Waals surface area (Å²) in [6.07, 6.45) is 4.95. The van der Waals surface area contributed by atoms with Crippen molar-refractivity contribution >= 4 is 63.5 Å². The molecule has 2 aromatic carbocycles. The van der Waals surface area contributed by atoms with Crippen molar-refractivity contribution < 1.29 is 23.9 Å². The van der Waals surface area contributed by atoms with Gasteiger partial charge in [0.1, 0.15) is 17.4 Å². The number of amides is 2. The van der Waals surface area contributed by atoms with Crippen LogP contribution in [0.3, 0.4) is 0 Å². The Balaban J connectivity index is 1.32. The van der Waals surface area contributed by atoms with Gasteiger partial charge >= 0.3 is 17.8 Å². The Bertz CT molecular complexity index is 1370. The lowest BCUT2D eigenvalue weighted by molar-refractivity contribution is -0.136. The second-order valence-electron chi connectivity index (χ2n) is 8.38. The second-order valence-corrected chi connectivity index (χ2v) is 10.3. The number of carbonyl (C=O) groups excluding carboxylic acids is 3. The number of thiophene rings is 1. The van der Waals surface area contributed by atoms with Crippen LogP contribution in [0.4, 0.5) is 5.00 Å². The number of esters is 1. The number of fused-ring (bicyclic) bond motifs is 1. The molecule has 1 aliphatic carbocycles. The summed E-state index contributed by atoms with van der Waals surface area (Å²) < 4.78 is 10.9. The van der Waals surface area contributed by atoms with E-state index in [0.717, 1.165) is 41.7 Å². The number of rotatable bonds is 8. The lowest BCUT2D eigenvalue weighted by Gasteiger charge is -2.12. The van der Waals surface area contributed by atoms with E-state index in [0.29, 0.717) is 31.9 Å². The molecule has 4 rings (SSSR count). The first-order valence-electron chi connectivity index (χ1n) is 12.0. The molecule has 0 radical (unpaired) electrons. The summed E-state index contributed by atoms with van der Waals surface area (Å²) in [4.78, 5) is 38.4. The summed E-state index contributed by atoms with van der Waals surface area (Å²) in [5.74, 6) is -1.75. The lowest BCUT2D eigenvalue weighted by Crippen LogP contribution is -2.32. The summed E-state index contributed by atoms with van der Waals surface area (Å²) >= 11 is 13.4. The fourth-order valence-electron chi connectivity index (χ4n) is 3.90. The summed E-state index contributed by atoms with van der Waals surface area (Å²) in [6, 6.07) is 12.2. The van der Waals surface area contributed by atoms with Gasteiger partial charge in [-0.1, -0.05) is 29.3 Å². The molecule has 0 aliphatic heterocycles. The normalized spacial score (nSPS) is 12.6. The number of benzene rings is 2. The van der Waals surface area contributed by atoms with E-state index in [1.165, 1.54) is 17.6 Å². The number of hydrazone groups is 1. The van der Waals surface area contributed by atoms with Gasteiger partial charge in [0.2, 0.25) is 0 Å². The van der Waals surface area contributed by atoms with E-state index in [-0.39, 0.29) is 13.2 Å². The number of halogens is 2. The van der Waals surface area contributed by atoms with Crippen molar-refractivity contribution in [1.82, 2.24) is 5.43 Å². The number of aryl methyl sites for hydroxylation is 1. The van der Waals surface area contributed by atoms with E-state index in [4.69, 9.17) is 32.7 Å². The summed E-state index contributed by atoms with van der Waals surface area (Å²) in [6.45, 7) is 2.22. The first-order chi connectivity index (χ1) is 18.4. The molecule has 198 valence electrons. The van der Waals surface area contributed by atoms with Crippen LogP contribution >= 0.6 is 34.5 Å². The van der Waals surface area contributed by atoms with Crippen molar-refractivity contribution in [2.45, 2.75) is 39.2 Å². The SMILES string of the molecule is CCOC(=O)c1c(NC(=O)C(=O)NN=Cc2ccc(OCc3ccc(Cl)cc3Cl)cc2)sc2c1CCCC2. The van der Waals surface area contributed by atoms with Crippen molar-refractivity contribution in [3.63, 3.8) is 0 Å². The molecule has 11 heteroatoms. The molecule has 0 fully saturated rings. The largest absolute Gasteiger partial charge is 0.489 e. The molecular formula is C27H25Cl2N3O5S. The predicted molar refractivity (Wildman–Crippen MR) is 149 cm³/mol. The molecule has 8 nitrogen and oxygen atoms in total. The zero-order valence-corrected chi connectivity index (χ0v) is 22.8. The molecule has 3 aromatic rings. The van der Waals surface area contributed by atoms with E-state index in [1.54, 1.807) is 49.4 Å². The molecule has 0 unspecified atom stereocenters. The molecule has 0 saturated carbocycles. The van der Waals surface area contributed by atoms with Gasteiger partial charge in [-0.3, -0.25) is 9.59 Å². The minimum Gasteiger partial charge on any atom is -0.489 e. The van der Waals surface area contributed by atoms with Gasteiger partial charge in [-0.25, -0.2) is 10.2 Å². The van der Waals surface area contributed by atoms with Crippen molar-refractivity contribution in [2.24, 2.45) is 5.10 Å². The van der Waals surface area contributed by atoms with Gasteiger partial charge < -0.3 is 14.8 Å². The van der Waals surface area contributed by atoms with E-state index < -0.39 is 17.8 Å². The number of anilines is 1. The van der Waals surface area contributed by atoms with E-state index in [2.05, 4.69) is 15.8 Å². The number of ether oxygens (including phenoxy) is 2. The zero-order chi connectivity index (χ0) is 27.1. The van der Waals surface area contributed by atoms with Crippen molar-refractivity contribution in [2.75, 3.05) is 11.9 Å². The zero-order valence-electron chi connectivity index (χ0n) is 20.5. The third kappa shape index (κ3) is 6.92. The maximum atomic E-state index is 12.5. The van der Waals surface area contributed by atoms with Crippen molar-refractivity contribution in [3.8, 4) is 5.75 Å². The lowest BCUT2D eigenvalue weighted by atomic mass is 9.95. The third-order valence-electron chi connectivity index (χ3n) is 5.75. The van der Waals surface area contributed by atoms with Crippen LogP contribution in [0.1, 0.15) is 51.7 Å². The first kappa shape index (κ1) is 27.6. The highest BCUT2D eigenvalue weighted by molar-refractivity contribution is 7.17. The quantitative estimate of drug-likeness (QED) is 0.154. The number of hydrogen-bond acceptors (Lipinski definition) is 7.